The maximum absolute atomic E-state index is 12.5. The third-order valence-electron chi connectivity index (χ3n) is 4.20. The van der Waals surface area contributed by atoms with E-state index in [1.807, 2.05) is 0 Å². The Morgan fingerprint density at radius 1 is 0.941 bits per heavy atom. The zero-order valence-electron chi connectivity index (χ0n) is 19.6. The number of sulfonamides is 1. The fourth-order valence-electron chi connectivity index (χ4n) is 2.78. The average molecular weight is 491 g/mol. The highest BCUT2D eigenvalue weighted by Crippen LogP contribution is 2.16. The van der Waals surface area contributed by atoms with Gasteiger partial charge in [0, 0.05) is 36.4 Å². The molecule has 0 bridgehead atoms. The molecule has 4 N–H and O–H groups in total. The van der Waals surface area contributed by atoms with Crippen molar-refractivity contribution in [3.05, 3.63) is 59.7 Å². The molecule has 2 rings (SSSR count). The number of nitrogens with one attached hydrogen (secondary N) is 4. The predicted molar refractivity (Wildman–Crippen MR) is 130 cm³/mol. The van der Waals surface area contributed by atoms with E-state index in [9.17, 15) is 22.8 Å². The van der Waals surface area contributed by atoms with E-state index in [2.05, 4.69) is 20.7 Å². The lowest BCUT2D eigenvalue weighted by Crippen LogP contribution is -2.34. The fourth-order valence-corrected chi connectivity index (χ4v) is 3.35. The second-order valence-electron chi connectivity index (χ2n) is 8.52. The summed E-state index contributed by atoms with van der Waals surface area (Å²) in [5.74, 6) is -0.655. The second kappa shape index (κ2) is 11.5. The molecule has 0 spiro atoms. The number of amides is 3. The van der Waals surface area contributed by atoms with Crippen molar-refractivity contribution in [2.24, 2.45) is 0 Å². The van der Waals surface area contributed by atoms with E-state index in [4.69, 9.17) is 4.74 Å². The van der Waals surface area contributed by atoms with Crippen LogP contribution in [0.25, 0.3) is 0 Å². The number of para-hydroxylation sites is 1. The van der Waals surface area contributed by atoms with E-state index >= 15 is 0 Å². The SMILES string of the molecule is CC(C)(C)OC(=O)NCCC(=O)Nc1ccccc1CNC(=O)c1ccc(NS(C)(=O)=O)cc1. The Hall–Kier alpha value is -3.60. The van der Waals surface area contributed by atoms with Crippen molar-refractivity contribution in [1.29, 1.82) is 0 Å². The first-order valence-electron chi connectivity index (χ1n) is 10.5. The van der Waals surface area contributed by atoms with E-state index in [-0.39, 0.29) is 31.3 Å². The number of benzene rings is 2. The van der Waals surface area contributed by atoms with Crippen LogP contribution in [0.3, 0.4) is 0 Å². The van der Waals surface area contributed by atoms with Crippen molar-refractivity contribution in [1.82, 2.24) is 10.6 Å². The van der Waals surface area contributed by atoms with Crippen molar-refractivity contribution >= 4 is 39.3 Å². The van der Waals surface area contributed by atoms with Gasteiger partial charge < -0.3 is 20.7 Å². The maximum Gasteiger partial charge on any atom is 0.407 e. The first-order chi connectivity index (χ1) is 15.8. The van der Waals surface area contributed by atoms with E-state index < -0.39 is 21.7 Å². The summed E-state index contributed by atoms with van der Waals surface area (Å²) in [7, 11) is -3.40. The van der Waals surface area contributed by atoms with Gasteiger partial charge in [-0.15, -0.1) is 0 Å². The Morgan fingerprint density at radius 2 is 1.59 bits per heavy atom. The predicted octanol–water partition coefficient (Wildman–Crippen LogP) is 2.84. The van der Waals surface area contributed by atoms with E-state index in [1.165, 1.54) is 24.3 Å². The molecule has 2 aromatic carbocycles. The number of carbonyl (C=O) groups is 3. The summed E-state index contributed by atoms with van der Waals surface area (Å²) < 4.78 is 30.0. The molecule has 0 aliphatic carbocycles. The summed E-state index contributed by atoms with van der Waals surface area (Å²) >= 11 is 0. The van der Waals surface area contributed by atoms with Gasteiger partial charge in [-0.05, 0) is 56.7 Å². The zero-order chi connectivity index (χ0) is 25.4. The average Bonchev–Trinajstić information content (AvgIpc) is 2.71. The van der Waals surface area contributed by atoms with Gasteiger partial charge in [0.1, 0.15) is 5.60 Å². The molecule has 2 aromatic rings. The number of hydrogen-bond acceptors (Lipinski definition) is 6. The molecule has 0 fully saturated rings. The van der Waals surface area contributed by atoms with Gasteiger partial charge in [-0.3, -0.25) is 14.3 Å². The molecule has 0 saturated carbocycles. The Labute approximate surface area is 199 Å². The first kappa shape index (κ1) is 26.7. The smallest absolute Gasteiger partial charge is 0.407 e. The molecular weight excluding hydrogens is 460 g/mol. The van der Waals surface area contributed by atoms with Crippen LogP contribution in [0.5, 0.6) is 0 Å². The number of carbonyl (C=O) groups excluding carboxylic acids is 3. The molecule has 0 heterocycles. The molecule has 0 unspecified atom stereocenters. The molecule has 0 aliphatic rings. The molecule has 0 radical (unpaired) electrons. The lowest BCUT2D eigenvalue weighted by molar-refractivity contribution is -0.116. The summed E-state index contributed by atoms with van der Waals surface area (Å²) in [6.07, 6.45) is 0.499. The third kappa shape index (κ3) is 9.90. The van der Waals surface area contributed by atoms with Gasteiger partial charge in [0.05, 0.1) is 6.26 Å². The zero-order valence-corrected chi connectivity index (χ0v) is 20.4. The van der Waals surface area contributed by atoms with Crippen LogP contribution in [0.1, 0.15) is 43.1 Å². The van der Waals surface area contributed by atoms with Crippen molar-refractivity contribution in [2.45, 2.75) is 39.3 Å². The molecule has 10 nitrogen and oxygen atoms in total. The lowest BCUT2D eigenvalue weighted by atomic mass is 10.1. The summed E-state index contributed by atoms with van der Waals surface area (Å²) in [5.41, 5.74) is 1.32. The van der Waals surface area contributed by atoms with E-state index in [1.54, 1.807) is 45.0 Å². The number of rotatable bonds is 9. The van der Waals surface area contributed by atoms with Crippen molar-refractivity contribution < 1.29 is 27.5 Å². The highest BCUT2D eigenvalue weighted by atomic mass is 32.2. The molecule has 0 aromatic heterocycles. The van der Waals surface area contributed by atoms with Gasteiger partial charge in [0.2, 0.25) is 15.9 Å². The van der Waals surface area contributed by atoms with Crippen LogP contribution in [0.4, 0.5) is 16.2 Å². The number of anilines is 2. The normalized spacial score (nSPS) is 11.3. The van der Waals surface area contributed by atoms with Crippen molar-refractivity contribution in [3.63, 3.8) is 0 Å². The molecule has 0 saturated heterocycles. The Morgan fingerprint density at radius 3 is 2.21 bits per heavy atom. The molecule has 3 amide bonds. The summed E-state index contributed by atoms with van der Waals surface area (Å²) in [6, 6.07) is 13.0. The molecule has 34 heavy (non-hydrogen) atoms. The highest BCUT2D eigenvalue weighted by molar-refractivity contribution is 7.92. The van der Waals surface area contributed by atoms with Crippen LogP contribution in [0.2, 0.25) is 0 Å². The number of hydrogen-bond donors (Lipinski definition) is 4. The minimum Gasteiger partial charge on any atom is -0.444 e. The minimum absolute atomic E-state index is 0.0494. The number of ether oxygens (including phenoxy) is 1. The fraction of sp³-hybridized carbons (Fsp3) is 0.348. The molecular formula is C23H30N4O6S. The van der Waals surface area contributed by atoms with Crippen molar-refractivity contribution in [3.8, 4) is 0 Å². The molecule has 0 aliphatic heterocycles. The summed E-state index contributed by atoms with van der Waals surface area (Å²) in [6.45, 7) is 5.53. The molecule has 0 atom stereocenters. The monoisotopic (exact) mass is 490 g/mol. The Balaban J connectivity index is 1.88. The number of alkyl carbamates (subject to hydrolysis) is 1. The van der Waals surface area contributed by atoms with Gasteiger partial charge in [-0.1, -0.05) is 18.2 Å². The standard InChI is InChI=1S/C23H30N4O6S/c1-23(2,3)33-22(30)24-14-13-20(28)26-19-8-6-5-7-17(19)15-25-21(29)16-9-11-18(12-10-16)27-34(4,31)32/h5-12,27H,13-15H2,1-4H3,(H,24,30)(H,25,29)(H,26,28). The largest absolute Gasteiger partial charge is 0.444 e. The second-order valence-corrected chi connectivity index (χ2v) is 10.3. The van der Waals surface area contributed by atoms with Gasteiger partial charge in [-0.25, -0.2) is 13.2 Å². The van der Waals surface area contributed by atoms with Gasteiger partial charge in [-0.2, -0.15) is 0 Å². The quantitative estimate of drug-likeness (QED) is 0.426. The van der Waals surface area contributed by atoms with Crippen LogP contribution in [-0.2, 0) is 26.1 Å². The van der Waals surface area contributed by atoms with Crippen LogP contribution < -0.4 is 20.7 Å². The van der Waals surface area contributed by atoms with Crippen molar-refractivity contribution in [2.75, 3.05) is 22.8 Å². The topological polar surface area (TPSA) is 143 Å². The third-order valence-corrected chi connectivity index (χ3v) is 4.81. The minimum atomic E-state index is -3.40. The first-order valence-corrected chi connectivity index (χ1v) is 12.4. The van der Waals surface area contributed by atoms with Gasteiger partial charge in [0.15, 0.2) is 0 Å². The van der Waals surface area contributed by atoms with Crippen LogP contribution in [0.15, 0.2) is 48.5 Å². The lowest BCUT2D eigenvalue weighted by Gasteiger charge is -2.19. The molecule has 184 valence electrons. The van der Waals surface area contributed by atoms with Crippen LogP contribution in [-0.4, -0.2) is 44.7 Å². The van der Waals surface area contributed by atoms with E-state index in [0.29, 0.717) is 22.5 Å². The van der Waals surface area contributed by atoms with Gasteiger partial charge >= 0.3 is 6.09 Å². The maximum atomic E-state index is 12.5. The van der Waals surface area contributed by atoms with Gasteiger partial charge in [0.25, 0.3) is 5.91 Å². The highest BCUT2D eigenvalue weighted by Gasteiger charge is 2.16. The Kier molecular flexibility index (Phi) is 9.02. The summed E-state index contributed by atoms with van der Waals surface area (Å²) in [4.78, 5) is 36.4. The Bertz CT molecular complexity index is 1120. The summed E-state index contributed by atoms with van der Waals surface area (Å²) in [5, 5.41) is 8.08. The van der Waals surface area contributed by atoms with Crippen LogP contribution in [0, 0.1) is 0 Å². The van der Waals surface area contributed by atoms with E-state index in [0.717, 1.165) is 6.26 Å². The van der Waals surface area contributed by atoms with Crippen LogP contribution >= 0.6 is 0 Å². The molecule has 11 heteroatoms.